The Labute approximate surface area is 196 Å². The lowest BCUT2D eigenvalue weighted by Crippen LogP contribution is -2.43. The molecule has 1 aliphatic heterocycles. The normalized spacial score (nSPS) is 15.4. The lowest BCUT2D eigenvalue weighted by atomic mass is 9.97. The second-order valence-corrected chi connectivity index (χ2v) is 10.4. The van der Waals surface area contributed by atoms with E-state index in [9.17, 15) is 18.0 Å². The molecule has 1 aromatic carbocycles. The van der Waals surface area contributed by atoms with Gasteiger partial charge in [-0.3, -0.25) is 4.79 Å². The number of hydrogen-bond donors (Lipinski definition) is 1. The van der Waals surface area contributed by atoms with Gasteiger partial charge in [0.05, 0.1) is 6.61 Å². The molecule has 0 radical (unpaired) electrons. The van der Waals surface area contributed by atoms with Gasteiger partial charge in [0.1, 0.15) is 10.5 Å². The van der Waals surface area contributed by atoms with Crippen LogP contribution in [0.1, 0.15) is 52.6 Å². The Bertz CT molecular complexity index is 1130. The molecule has 1 saturated heterocycles. The number of carbonyl (C=O) groups excluding carboxylic acids is 2. The van der Waals surface area contributed by atoms with Crippen molar-refractivity contribution in [2.45, 2.75) is 52.0 Å². The molecule has 3 rings (SSSR count). The van der Waals surface area contributed by atoms with Crippen LogP contribution >= 0.6 is 0 Å². The summed E-state index contributed by atoms with van der Waals surface area (Å²) in [6.45, 7) is 8.15. The molecule has 0 bridgehead atoms. The largest absolute Gasteiger partial charge is 0.462 e. The molecule has 0 spiro atoms. The van der Waals surface area contributed by atoms with E-state index in [0.29, 0.717) is 30.8 Å². The van der Waals surface area contributed by atoms with E-state index in [0.717, 1.165) is 11.1 Å². The minimum absolute atomic E-state index is 0.00298. The first-order chi connectivity index (χ1) is 15.6. The summed E-state index contributed by atoms with van der Waals surface area (Å²) < 4.78 is 35.2. The molecule has 2 aromatic rings. The zero-order chi connectivity index (χ0) is 24.3. The summed E-state index contributed by atoms with van der Waals surface area (Å²) in [4.78, 5) is 25.2. The minimum Gasteiger partial charge on any atom is -0.462 e. The van der Waals surface area contributed by atoms with Crippen LogP contribution < -0.4 is 5.32 Å². The highest BCUT2D eigenvalue weighted by molar-refractivity contribution is 7.89. The van der Waals surface area contributed by atoms with E-state index in [-0.39, 0.29) is 42.0 Å². The zero-order valence-corrected chi connectivity index (χ0v) is 20.8. The lowest BCUT2D eigenvalue weighted by Gasteiger charge is -2.30. The molecular weight excluding hydrogens is 442 g/mol. The number of hydrogen-bond acceptors (Lipinski definition) is 5. The summed E-state index contributed by atoms with van der Waals surface area (Å²) in [6.07, 6.45) is 0.858. The quantitative estimate of drug-likeness (QED) is 0.621. The van der Waals surface area contributed by atoms with Gasteiger partial charge in [0.15, 0.2) is 0 Å². The van der Waals surface area contributed by atoms with E-state index < -0.39 is 16.0 Å². The number of nitrogens with zero attached hydrogens (tertiary/aromatic N) is 2. The van der Waals surface area contributed by atoms with Crippen LogP contribution in [0.25, 0.3) is 0 Å². The number of esters is 1. The van der Waals surface area contributed by atoms with Crippen molar-refractivity contribution < 1.29 is 22.7 Å². The van der Waals surface area contributed by atoms with E-state index in [2.05, 4.69) is 5.32 Å². The van der Waals surface area contributed by atoms with Gasteiger partial charge >= 0.3 is 5.97 Å². The number of aryl methyl sites for hydroxylation is 1. The second kappa shape index (κ2) is 10.1. The Morgan fingerprint density at radius 2 is 1.67 bits per heavy atom. The van der Waals surface area contributed by atoms with E-state index >= 15 is 0 Å². The fraction of sp³-hybridized carbons (Fsp3) is 0.500. The van der Waals surface area contributed by atoms with Gasteiger partial charge in [-0.25, -0.2) is 13.2 Å². The van der Waals surface area contributed by atoms with Crippen molar-refractivity contribution in [1.29, 1.82) is 0 Å². The summed E-state index contributed by atoms with van der Waals surface area (Å²) >= 11 is 0. The van der Waals surface area contributed by atoms with Gasteiger partial charge in [-0.15, -0.1) is 0 Å². The second-order valence-electron chi connectivity index (χ2n) is 8.54. The summed E-state index contributed by atoms with van der Waals surface area (Å²) in [5.41, 5.74) is 3.32. The van der Waals surface area contributed by atoms with Crippen LogP contribution in [0.4, 0.5) is 0 Å². The molecule has 1 aliphatic rings. The number of sulfonamides is 1. The highest BCUT2D eigenvalue weighted by atomic mass is 32.2. The first-order valence-electron chi connectivity index (χ1n) is 11.2. The number of amides is 1. The van der Waals surface area contributed by atoms with Gasteiger partial charge in [0.2, 0.25) is 15.9 Å². The van der Waals surface area contributed by atoms with Gasteiger partial charge in [-0.05, 0) is 46.1 Å². The zero-order valence-electron chi connectivity index (χ0n) is 20.0. The van der Waals surface area contributed by atoms with Crippen molar-refractivity contribution in [3.05, 3.63) is 52.3 Å². The topological polar surface area (TPSA) is 97.7 Å². The van der Waals surface area contributed by atoms with Crippen molar-refractivity contribution in [1.82, 2.24) is 14.2 Å². The molecule has 1 amide bonds. The molecule has 1 aromatic heterocycles. The summed E-state index contributed by atoms with van der Waals surface area (Å²) in [6, 6.07) is 7.97. The van der Waals surface area contributed by atoms with Crippen LogP contribution in [-0.4, -0.2) is 48.9 Å². The highest BCUT2D eigenvalue weighted by Gasteiger charge is 2.38. The SMILES string of the molecule is CCOC(=O)c1c(S(=O)(=O)N2CCC(C(=O)NCc3ccc(C)cc3)CC2)c(C)n(C)c1C. The minimum atomic E-state index is -3.92. The molecule has 0 unspecified atom stereocenters. The molecule has 0 atom stereocenters. The third kappa shape index (κ3) is 5.14. The number of rotatable bonds is 7. The number of carbonyl (C=O) groups is 2. The summed E-state index contributed by atoms with van der Waals surface area (Å²) in [5.74, 6) is -0.945. The number of nitrogens with one attached hydrogen (secondary N) is 1. The van der Waals surface area contributed by atoms with Crippen molar-refractivity contribution >= 4 is 21.9 Å². The molecule has 0 aliphatic carbocycles. The number of benzene rings is 1. The fourth-order valence-electron chi connectivity index (χ4n) is 4.20. The average molecular weight is 476 g/mol. The molecule has 8 nitrogen and oxygen atoms in total. The van der Waals surface area contributed by atoms with Crippen LogP contribution in [0.15, 0.2) is 29.2 Å². The van der Waals surface area contributed by atoms with Gasteiger partial charge in [0.25, 0.3) is 0 Å². The molecule has 1 N–H and O–H groups in total. The third-order valence-corrected chi connectivity index (χ3v) is 8.47. The molecule has 2 heterocycles. The van der Waals surface area contributed by atoms with Gasteiger partial charge < -0.3 is 14.6 Å². The number of aromatic nitrogens is 1. The Morgan fingerprint density at radius 3 is 2.24 bits per heavy atom. The van der Waals surface area contributed by atoms with Gasteiger partial charge in [-0.1, -0.05) is 29.8 Å². The molecule has 0 saturated carbocycles. The van der Waals surface area contributed by atoms with Crippen LogP contribution in [0.5, 0.6) is 0 Å². The monoisotopic (exact) mass is 475 g/mol. The summed E-state index contributed by atoms with van der Waals surface area (Å²) in [7, 11) is -2.18. The van der Waals surface area contributed by atoms with Crippen molar-refractivity contribution in [3.8, 4) is 0 Å². The third-order valence-electron chi connectivity index (χ3n) is 6.41. The molecule has 180 valence electrons. The van der Waals surface area contributed by atoms with E-state index in [1.165, 1.54) is 4.31 Å². The van der Waals surface area contributed by atoms with E-state index in [1.807, 2.05) is 31.2 Å². The Hall–Kier alpha value is -2.65. The predicted octanol–water partition coefficient (Wildman–Crippen LogP) is 2.84. The molecule has 1 fully saturated rings. The number of piperidine rings is 1. The standard InChI is InChI=1S/C24H33N3O5S/c1-6-32-24(29)21-17(3)26(5)18(4)22(21)33(30,31)27-13-11-20(12-14-27)23(28)25-15-19-9-7-16(2)8-10-19/h7-10,20H,6,11-15H2,1-5H3,(H,25,28). The molecule has 9 heteroatoms. The van der Waals surface area contributed by atoms with Crippen LogP contribution in [-0.2, 0) is 33.1 Å². The fourth-order valence-corrected chi connectivity index (χ4v) is 6.15. The van der Waals surface area contributed by atoms with E-state index in [4.69, 9.17) is 4.74 Å². The summed E-state index contributed by atoms with van der Waals surface area (Å²) in [5, 5.41) is 2.96. The molecular formula is C24H33N3O5S. The van der Waals surface area contributed by atoms with Crippen molar-refractivity contribution in [3.63, 3.8) is 0 Å². The highest BCUT2D eigenvalue weighted by Crippen LogP contribution is 2.32. The van der Waals surface area contributed by atoms with Gasteiger partial charge in [0, 0.05) is 44.0 Å². The maximum atomic E-state index is 13.5. The Morgan fingerprint density at radius 1 is 1.06 bits per heavy atom. The maximum absolute atomic E-state index is 13.5. The van der Waals surface area contributed by atoms with Crippen molar-refractivity contribution in [2.24, 2.45) is 13.0 Å². The lowest BCUT2D eigenvalue weighted by molar-refractivity contribution is -0.126. The van der Waals surface area contributed by atoms with Gasteiger partial charge in [-0.2, -0.15) is 4.31 Å². The Kier molecular flexibility index (Phi) is 7.64. The first-order valence-corrected chi connectivity index (χ1v) is 12.7. The smallest absolute Gasteiger partial charge is 0.341 e. The maximum Gasteiger partial charge on any atom is 0.341 e. The van der Waals surface area contributed by atoms with E-state index in [1.54, 1.807) is 32.4 Å². The number of ether oxygens (including phenoxy) is 1. The van der Waals surface area contributed by atoms with Crippen LogP contribution in [0.2, 0.25) is 0 Å². The van der Waals surface area contributed by atoms with Crippen LogP contribution in [0.3, 0.4) is 0 Å². The first kappa shape index (κ1) is 25.0. The Balaban J connectivity index is 1.70. The predicted molar refractivity (Wildman–Crippen MR) is 125 cm³/mol. The molecule has 33 heavy (non-hydrogen) atoms. The van der Waals surface area contributed by atoms with Crippen molar-refractivity contribution in [2.75, 3.05) is 19.7 Å². The average Bonchev–Trinajstić information content (AvgIpc) is 3.03. The van der Waals surface area contributed by atoms with Crippen LogP contribution in [0, 0.1) is 26.7 Å².